The molecular formula is C13H14BrN3O3S. The number of hydrogen-bond acceptors (Lipinski definition) is 3. The average Bonchev–Trinajstić information content (AvgIpc) is 2.81. The molecule has 0 saturated heterocycles. The Morgan fingerprint density at radius 3 is 2.71 bits per heavy atom. The first-order chi connectivity index (χ1) is 9.83. The number of carbonyl (C=O) groups is 1. The molecular weight excluding hydrogens is 358 g/mol. The molecule has 21 heavy (non-hydrogen) atoms. The largest absolute Gasteiger partial charge is 0.356 e. The summed E-state index contributed by atoms with van der Waals surface area (Å²) in [5.41, 5.74) is 1.71. The fraction of sp³-hybridized carbons (Fsp3) is 0.154. The number of hydrogen-bond donors (Lipinski definition) is 3. The molecule has 0 aliphatic carbocycles. The highest BCUT2D eigenvalue weighted by molar-refractivity contribution is 9.10. The number of nitrogens with one attached hydrogen (secondary N) is 3. The van der Waals surface area contributed by atoms with Crippen molar-refractivity contribution in [1.29, 1.82) is 0 Å². The maximum Gasteiger partial charge on any atom is 0.267 e. The van der Waals surface area contributed by atoms with E-state index < -0.39 is 10.0 Å². The fourth-order valence-electron chi connectivity index (χ4n) is 1.74. The highest BCUT2D eigenvalue weighted by atomic mass is 79.9. The van der Waals surface area contributed by atoms with Crippen LogP contribution in [0.4, 0.5) is 5.69 Å². The van der Waals surface area contributed by atoms with Crippen molar-refractivity contribution in [2.75, 3.05) is 11.0 Å². The molecule has 1 aromatic heterocycles. The number of aromatic nitrogens is 1. The summed E-state index contributed by atoms with van der Waals surface area (Å²) in [6, 6.07) is 8.52. The van der Waals surface area contributed by atoms with E-state index in [1.165, 1.54) is 0 Å². The van der Waals surface area contributed by atoms with Crippen molar-refractivity contribution < 1.29 is 13.2 Å². The maximum atomic E-state index is 11.9. The van der Waals surface area contributed by atoms with Gasteiger partial charge in [-0.15, -0.1) is 0 Å². The number of benzene rings is 1. The van der Waals surface area contributed by atoms with E-state index in [1.807, 2.05) is 0 Å². The topological polar surface area (TPSA) is 91.1 Å². The smallest absolute Gasteiger partial charge is 0.267 e. The van der Waals surface area contributed by atoms with Crippen molar-refractivity contribution in [1.82, 2.24) is 10.3 Å². The number of aromatic amines is 1. The number of H-pyrrole nitrogens is 1. The van der Waals surface area contributed by atoms with Gasteiger partial charge in [-0.3, -0.25) is 9.52 Å². The molecule has 2 rings (SSSR count). The van der Waals surface area contributed by atoms with Crippen LogP contribution in [0.15, 0.2) is 41.0 Å². The summed E-state index contributed by atoms with van der Waals surface area (Å²) in [6.45, 7) is 0.300. The predicted molar refractivity (Wildman–Crippen MR) is 84.6 cm³/mol. The number of rotatable bonds is 5. The van der Waals surface area contributed by atoms with Gasteiger partial charge in [-0.2, -0.15) is 0 Å². The summed E-state index contributed by atoms with van der Waals surface area (Å²) in [7, 11) is -3.31. The Hall–Kier alpha value is -1.80. The standard InChI is InChI=1S/C13H14BrN3O3S/c1-21(19,20)17-11-4-2-3-9(5-11)7-16-13(18)12-6-10(14)8-15-12/h2-6,8,15,17H,7H2,1H3,(H,16,18). The summed E-state index contributed by atoms with van der Waals surface area (Å²) in [4.78, 5) is 14.7. The fourth-order valence-corrected chi connectivity index (χ4v) is 2.63. The van der Waals surface area contributed by atoms with Crippen LogP contribution in [0.1, 0.15) is 16.1 Å². The number of anilines is 1. The zero-order valence-corrected chi connectivity index (χ0v) is 13.6. The molecule has 0 radical (unpaired) electrons. The number of halogens is 1. The Kier molecular flexibility index (Phi) is 4.69. The molecule has 0 fully saturated rings. The van der Waals surface area contributed by atoms with Gasteiger partial charge in [0.25, 0.3) is 5.91 Å². The lowest BCUT2D eigenvalue weighted by atomic mass is 10.2. The van der Waals surface area contributed by atoms with Crippen LogP contribution in [-0.2, 0) is 16.6 Å². The first-order valence-corrected chi connectivity index (χ1v) is 8.71. The van der Waals surface area contributed by atoms with Gasteiger partial charge in [-0.25, -0.2) is 8.42 Å². The second-order valence-corrected chi connectivity index (χ2v) is 7.15. The lowest BCUT2D eigenvalue weighted by molar-refractivity contribution is 0.0946. The van der Waals surface area contributed by atoms with Crippen LogP contribution in [0.25, 0.3) is 0 Å². The molecule has 6 nitrogen and oxygen atoms in total. The van der Waals surface area contributed by atoms with E-state index >= 15 is 0 Å². The molecule has 0 atom stereocenters. The molecule has 8 heteroatoms. The average molecular weight is 372 g/mol. The van der Waals surface area contributed by atoms with E-state index in [-0.39, 0.29) is 5.91 Å². The zero-order valence-electron chi connectivity index (χ0n) is 11.2. The van der Waals surface area contributed by atoms with Crippen molar-refractivity contribution in [3.05, 3.63) is 52.3 Å². The summed E-state index contributed by atoms with van der Waals surface area (Å²) < 4.78 is 25.5. The molecule has 1 amide bonds. The van der Waals surface area contributed by atoms with Gasteiger partial charge in [0.05, 0.1) is 6.26 Å². The van der Waals surface area contributed by atoms with Crippen molar-refractivity contribution in [2.24, 2.45) is 0 Å². The molecule has 1 heterocycles. The molecule has 3 N–H and O–H groups in total. The zero-order chi connectivity index (χ0) is 15.5. The minimum Gasteiger partial charge on any atom is -0.356 e. The number of carbonyl (C=O) groups excluding carboxylic acids is 1. The van der Waals surface area contributed by atoms with Crippen molar-refractivity contribution >= 4 is 37.5 Å². The van der Waals surface area contributed by atoms with Gasteiger partial charge in [-0.05, 0) is 39.7 Å². The van der Waals surface area contributed by atoms with E-state index in [4.69, 9.17) is 0 Å². The first-order valence-electron chi connectivity index (χ1n) is 6.02. The van der Waals surface area contributed by atoms with Crippen molar-refractivity contribution in [2.45, 2.75) is 6.54 Å². The Morgan fingerprint density at radius 2 is 2.10 bits per heavy atom. The van der Waals surface area contributed by atoms with Gasteiger partial charge in [0, 0.05) is 22.9 Å². The van der Waals surface area contributed by atoms with Gasteiger partial charge in [0.1, 0.15) is 5.69 Å². The Morgan fingerprint density at radius 1 is 1.33 bits per heavy atom. The second kappa shape index (κ2) is 6.31. The maximum absolute atomic E-state index is 11.9. The van der Waals surface area contributed by atoms with Crippen molar-refractivity contribution in [3.63, 3.8) is 0 Å². The summed E-state index contributed by atoms with van der Waals surface area (Å²) >= 11 is 3.26. The van der Waals surface area contributed by atoms with E-state index in [9.17, 15) is 13.2 Å². The van der Waals surface area contributed by atoms with Crippen LogP contribution in [0.3, 0.4) is 0 Å². The third kappa shape index (κ3) is 4.91. The second-order valence-electron chi connectivity index (χ2n) is 4.49. The predicted octanol–water partition coefficient (Wildman–Crippen LogP) is 2.08. The van der Waals surface area contributed by atoms with Crippen LogP contribution in [-0.4, -0.2) is 25.6 Å². The van der Waals surface area contributed by atoms with Gasteiger partial charge in [0.15, 0.2) is 0 Å². The van der Waals surface area contributed by atoms with Crippen LogP contribution in [0, 0.1) is 0 Å². The molecule has 112 valence electrons. The van der Waals surface area contributed by atoms with E-state index in [0.717, 1.165) is 16.3 Å². The van der Waals surface area contributed by atoms with E-state index in [0.29, 0.717) is 17.9 Å². The number of sulfonamides is 1. The van der Waals surface area contributed by atoms with Gasteiger partial charge in [0.2, 0.25) is 10.0 Å². The quantitative estimate of drug-likeness (QED) is 0.751. The highest BCUT2D eigenvalue weighted by Crippen LogP contribution is 2.13. The molecule has 0 aliphatic heterocycles. The van der Waals surface area contributed by atoms with Crippen molar-refractivity contribution in [3.8, 4) is 0 Å². The third-order valence-electron chi connectivity index (χ3n) is 2.58. The summed E-state index contributed by atoms with van der Waals surface area (Å²) in [5.74, 6) is -0.234. The monoisotopic (exact) mass is 371 g/mol. The van der Waals surface area contributed by atoms with Gasteiger partial charge >= 0.3 is 0 Å². The molecule has 0 saturated carbocycles. The van der Waals surface area contributed by atoms with E-state index in [2.05, 4.69) is 31.0 Å². The summed E-state index contributed by atoms with van der Waals surface area (Å²) in [5, 5.41) is 2.75. The van der Waals surface area contributed by atoms with Crippen LogP contribution in [0.2, 0.25) is 0 Å². The molecule has 0 bridgehead atoms. The SMILES string of the molecule is CS(=O)(=O)Nc1cccc(CNC(=O)c2cc(Br)c[nH]2)c1. The van der Waals surface area contributed by atoms with E-state index in [1.54, 1.807) is 36.5 Å². The van der Waals surface area contributed by atoms with Crippen LogP contribution < -0.4 is 10.0 Å². The van der Waals surface area contributed by atoms with Gasteiger partial charge < -0.3 is 10.3 Å². The minimum absolute atomic E-state index is 0.234. The van der Waals surface area contributed by atoms with Crippen LogP contribution >= 0.6 is 15.9 Å². The normalized spacial score (nSPS) is 11.1. The Balaban J connectivity index is 2.00. The molecule has 1 aromatic carbocycles. The third-order valence-corrected chi connectivity index (χ3v) is 3.64. The Labute approximate surface area is 131 Å². The first kappa shape index (κ1) is 15.6. The lowest BCUT2D eigenvalue weighted by Crippen LogP contribution is -2.23. The number of amides is 1. The van der Waals surface area contributed by atoms with Gasteiger partial charge in [-0.1, -0.05) is 12.1 Å². The lowest BCUT2D eigenvalue weighted by Gasteiger charge is -2.07. The molecule has 2 aromatic rings. The Bertz CT molecular complexity index is 756. The highest BCUT2D eigenvalue weighted by Gasteiger charge is 2.08. The summed E-state index contributed by atoms with van der Waals surface area (Å²) in [6.07, 6.45) is 2.76. The molecule has 0 aliphatic rings. The molecule has 0 spiro atoms. The van der Waals surface area contributed by atoms with Crippen LogP contribution in [0.5, 0.6) is 0 Å². The molecule has 0 unspecified atom stereocenters. The minimum atomic E-state index is -3.31.